The Kier molecular flexibility index (Phi) is 10.3. The third-order valence-corrected chi connectivity index (χ3v) is 8.55. The first-order chi connectivity index (χ1) is 19.2. The first kappa shape index (κ1) is 30.2. The summed E-state index contributed by atoms with van der Waals surface area (Å²) in [5.74, 6) is -1.78. The summed E-state index contributed by atoms with van der Waals surface area (Å²) in [6.45, 7) is 1.52. The van der Waals surface area contributed by atoms with Gasteiger partial charge in [0, 0.05) is 31.5 Å². The van der Waals surface area contributed by atoms with Gasteiger partial charge in [0.15, 0.2) is 4.80 Å². The number of amides is 1. The molecule has 0 aliphatic rings. The highest BCUT2D eigenvalue weighted by Gasteiger charge is 2.24. The minimum atomic E-state index is -4.00. The zero-order valence-corrected chi connectivity index (χ0v) is 23.3. The number of benzene rings is 2. The van der Waals surface area contributed by atoms with Crippen molar-refractivity contribution in [2.45, 2.75) is 31.2 Å². The van der Waals surface area contributed by atoms with Crippen LogP contribution in [0.15, 0.2) is 52.4 Å². The van der Waals surface area contributed by atoms with E-state index in [0.717, 1.165) is 15.6 Å². The van der Waals surface area contributed by atoms with Gasteiger partial charge in [-0.2, -0.15) is 19.8 Å². The molecule has 2 aromatic carbocycles. The summed E-state index contributed by atoms with van der Waals surface area (Å²) in [7, 11) is -2.77. The molecule has 0 saturated heterocycles. The third-order valence-electron chi connectivity index (χ3n) is 5.59. The summed E-state index contributed by atoms with van der Waals surface area (Å²) in [5.41, 5.74) is 0.939. The van der Waals surface area contributed by atoms with Crippen LogP contribution in [0.5, 0.6) is 0 Å². The number of nitriles is 2. The Bertz CT molecular complexity index is 1660. The van der Waals surface area contributed by atoms with Crippen LogP contribution in [-0.2, 0) is 30.8 Å². The second kappa shape index (κ2) is 13.6. The number of carbonyl (C=O) groups is 3. The summed E-state index contributed by atoms with van der Waals surface area (Å²) in [6.07, 6.45) is -0.0791. The maximum Gasteiger partial charge on any atom is 0.338 e. The molecule has 3 rings (SSSR count). The van der Waals surface area contributed by atoms with E-state index in [4.69, 9.17) is 20.0 Å². The Morgan fingerprint density at radius 3 is 2.23 bits per heavy atom. The van der Waals surface area contributed by atoms with Crippen molar-refractivity contribution in [2.75, 3.05) is 26.8 Å². The zero-order chi connectivity index (χ0) is 29.3. The Balaban J connectivity index is 1.99. The van der Waals surface area contributed by atoms with Gasteiger partial charge < -0.3 is 14.0 Å². The molecule has 0 fully saturated rings. The van der Waals surface area contributed by atoms with E-state index >= 15 is 0 Å². The van der Waals surface area contributed by atoms with Crippen LogP contribution in [0.1, 0.15) is 40.5 Å². The van der Waals surface area contributed by atoms with Crippen molar-refractivity contribution in [1.82, 2.24) is 8.87 Å². The van der Waals surface area contributed by atoms with E-state index in [-0.39, 0.29) is 54.3 Å². The fourth-order valence-electron chi connectivity index (χ4n) is 3.62. The number of thiazole rings is 1. The van der Waals surface area contributed by atoms with E-state index in [9.17, 15) is 22.8 Å². The van der Waals surface area contributed by atoms with Crippen molar-refractivity contribution < 1.29 is 32.3 Å². The fraction of sp³-hybridized carbons (Fsp3) is 0.308. The number of hydrogen-bond donors (Lipinski definition) is 0. The lowest BCUT2D eigenvalue weighted by molar-refractivity contribution is -0.141. The molecule has 0 atom stereocenters. The SMILES string of the molecule is CCOC(=O)c1ccc2c(c1)sc(=NC(=O)c1ccc(S(=O)(=O)N(CCC#N)CCC#N)cc1)n2CC(=O)OC. The number of aromatic nitrogens is 1. The molecule has 12 nitrogen and oxygen atoms in total. The Hall–Kier alpha value is -4.37. The van der Waals surface area contributed by atoms with Crippen LogP contribution in [0, 0.1) is 22.7 Å². The Morgan fingerprint density at radius 2 is 1.65 bits per heavy atom. The molecule has 1 amide bonds. The van der Waals surface area contributed by atoms with Crippen LogP contribution in [0.3, 0.4) is 0 Å². The topological polar surface area (TPSA) is 172 Å². The minimum Gasteiger partial charge on any atom is -0.468 e. The second-order valence-corrected chi connectivity index (χ2v) is 11.1. The van der Waals surface area contributed by atoms with E-state index in [2.05, 4.69) is 4.99 Å². The summed E-state index contributed by atoms with van der Waals surface area (Å²) in [5, 5.41) is 17.7. The van der Waals surface area contributed by atoms with Gasteiger partial charge in [-0.25, -0.2) is 13.2 Å². The standard InChI is InChI=1S/C26H25N5O7S2/c1-3-38-25(34)19-8-11-21-22(16-19)39-26(31(21)17-23(32)37-2)29-24(33)18-6-9-20(10-7-18)40(35,36)30(14-4-12-27)15-5-13-28/h6-11,16H,3-5,14-15,17H2,1-2H3. The molecular weight excluding hydrogens is 558 g/mol. The van der Waals surface area contributed by atoms with Crippen molar-refractivity contribution in [3.63, 3.8) is 0 Å². The van der Waals surface area contributed by atoms with Crippen LogP contribution in [0.2, 0.25) is 0 Å². The average Bonchev–Trinajstić information content (AvgIpc) is 3.28. The monoisotopic (exact) mass is 583 g/mol. The molecule has 0 saturated carbocycles. The number of fused-ring (bicyclic) bond motifs is 1. The van der Waals surface area contributed by atoms with E-state index in [1.165, 1.54) is 35.9 Å². The van der Waals surface area contributed by atoms with Crippen molar-refractivity contribution in [2.24, 2.45) is 4.99 Å². The first-order valence-electron chi connectivity index (χ1n) is 12.0. The molecular formula is C26H25N5O7S2. The van der Waals surface area contributed by atoms with Gasteiger partial charge in [0.05, 0.1) is 46.5 Å². The van der Waals surface area contributed by atoms with Crippen LogP contribution in [-0.4, -0.2) is 61.9 Å². The van der Waals surface area contributed by atoms with Crippen molar-refractivity contribution in [3.05, 3.63) is 58.4 Å². The van der Waals surface area contributed by atoms with Gasteiger partial charge in [-0.1, -0.05) is 11.3 Å². The number of hydrogen-bond acceptors (Lipinski definition) is 10. The number of esters is 2. The van der Waals surface area contributed by atoms with Crippen LogP contribution >= 0.6 is 11.3 Å². The van der Waals surface area contributed by atoms with Gasteiger partial charge in [0.2, 0.25) is 10.0 Å². The van der Waals surface area contributed by atoms with E-state index in [0.29, 0.717) is 15.8 Å². The fourth-order valence-corrected chi connectivity index (χ4v) is 6.13. The third kappa shape index (κ3) is 6.98. The lowest BCUT2D eigenvalue weighted by Crippen LogP contribution is -2.32. The zero-order valence-electron chi connectivity index (χ0n) is 21.7. The number of nitrogens with zero attached hydrogens (tertiary/aromatic N) is 5. The Morgan fingerprint density at radius 1 is 1.02 bits per heavy atom. The number of sulfonamides is 1. The second-order valence-electron chi connectivity index (χ2n) is 8.11. The molecule has 1 heterocycles. The maximum atomic E-state index is 13.0. The molecule has 0 spiro atoms. The van der Waals surface area contributed by atoms with E-state index in [1.54, 1.807) is 25.1 Å². The predicted octanol–water partition coefficient (Wildman–Crippen LogP) is 2.61. The lowest BCUT2D eigenvalue weighted by atomic mass is 10.2. The molecule has 0 aliphatic heterocycles. The molecule has 3 aromatic rings. The van der Waals surface area contributed by atoms with Crippen molar-refractivity contribution in [3.8, 4) is 12.1 Å². The maximum absolute atomic E-state index is 13.0. The molecule has 0 bridgehead atoms. The molecule has 1 aromatic heterocycles. The van der Waals surface area contributed by atoms with Gasteiger partial charge in [-0.3, -0.25) is 9.59 Å². The van der Waals surface area contributed by atoms with Gasteiger partial charge in [-0.05, 0) is 49.4 Å². The molecule has 0 aliphatic carbocycles. The van der Waals surface area contributed by atoms with Crippen LogP contribution < -0.4 is 4.80 Å². The number of ether oxygens (including phenoxy) is 2. The summed E-state index contributed by atoms with van der Waals surface area (Å²) < 4.78 is 39.0. The van der Waals surface area contributed by atoms with Gasteiger partial charge >= 0.3 is 11.9 Å². The summed E-state index contributed by atoms with van der Waals surface area (Å²) >= 11 is 1.08. The van der Waals surface area contributed by atoms with Crippen LogP contribution in [0.25, 0.3) is 10.2 Å². The average molecular weight is 584 g/mol. The van der Waals surface area contributed by atoms with Crippen LogP contribution in [0.4, 0.5) is 0 Å². The number of methoxy groups -OCH3 is 1. The Labute approximate surface area is 234 Å². The molecule has 0 N–H and O–H groups in total. The highest BCUT2D eigenvalue weighted by atomic mass is 32.2. The molecule has 208 valence electrons. The molecule has 14 heteroatoms. The summed E-state index contributed by atoms with van der Waals surface area (Å²) in [6, 6.07) is 13.6. The highest BCUT2D eigenvalue weighted by molar-refractivity contribution is 7.89. The minimum absolute atomic E-state index is 0.0396. The largest absolute Gasteiger partial charge is 0.468 e. The first-order valence-corrected chi connectivity index (χ1v) is 14.2. The number of rotatable bonds is 11. The number of carbonyl (C=O) groups excluding carboxylic acids is 3. The normalized spacial score (nSPS) is 11.7. The van der Waals surface area contributed by atoms with Gasteiger partial charge in [-0.15, -0.1) is 0 Å². The van der Waals surface area contributed by atoms with Crippen molar-refractivity contribution >= 4 is 49.4 Å². The lowest BCUT2D eigenvalue weighted by Gasteiger charge is -2.20. The van der Waals surface area contributed by atoms with Gasteiger partial charge in [0.1, 0.15) is 6.54 Å². The van der Waals surface area contributed by atoms with Crippen molar-refractivity contribution in [1.29, 1.82) is 10.5 Å². The quantitative estimate of drug-likeness (QED) is 0.308. The summed E-state index contributed by atoms with van der Waals surface area (Å²) in [4.78, 5) is 41.5. The molecule has 0 unspecified atom stereocenters. The smallest absolute Gasteiger partial charge is 0.338 e. The highest BCUT2D eigenvalue weighted by Crippen LogP contribution is 2.21. The molecule has 40 heavy (non-hydrogen) atoms. The van der Waals surface area contributed by atoms with E-state index in [1.807, 2.05) is 12.1 Å². The van der Waals surface area contributed by atoms with E-state index < -0.39 is 27.9 Å². The molecule has 0 radical (unpaired) electrons. The van der Waals surface area contributed by atoms with Gasteiger partial charge in [0.25, 0.3) is 5.91 Å². The predicted molar refractivity (Wildman–Crippen MR) is 143 cm³/mol.